The molecule has 6 rings (SSSR count). The van der Waals surface area contributed by atoms with Crippen molar-refractivity contribution < 1.29 is 19.0 Å². The Bertz CT molecular complexity index is 1310. The molecule has 3 N–H and O–H groups in total. The smallest absolute Gasteiger partial charge is 0.273 e. The largest absolute Gasteiger partial charge is 0.438 e. The number of ether oxygens (including phenoxy) is 1. The Balaban J connectivity index is 1.55. The number of nitrogens with zero attached hydrogens (tertiary/aromatic N) is 4. The van der Waals surface area contributed by atoms with E-state index in [1.165, 1.54) is 6.08 Å². The normalized spacial score (nSPS) is 28.2. The SMILES string of the molecule is Cc1cc(/C=C/C#N)cc(C)c1Oc1nc(NC23CC(C#N)(C2)C3)nc2c1C(O)(CF)NC2=O. The third-order valence-corrected chi connectivity index (χ3v) is 6.69. The first-order chi connectivity index (χ1) is 16.2. The van der Waals surface area contributed by atoms with Crippen LogP contribution in [0.3, 0.4) is 0 Å². The Morgan fingerprint density at radius 3 is 2.53 bits per heavy atom. The summed E-state index contributed by atoms with van der Waals surface area (Å²) in [6.07, 6.45) is 5.00. The van der Waals surface area contributed by atoms with Crippen LogP contribution in [-0.4, -0.2) is 33.2 Å². The van der Waals surface area contributed by atoms with E-state index in [-0.39, 0.29) is 34.0 Å². The van der Waals surface area contributed by atoms with E-state index < -0.39 is 18.3 Å². The molecule has 0 saturated heterocycles. The van der Waals surface area contributed by atoms with Crippen LogP contribution in [0.2, 0.25) is 0 Å². The number of allylic oxidation sites excluding steroid dienone is 1. The van der Waals surface area contributed by atoms with Crippen LogP contribution in [-0.2, 0) is 5.72 Å². The molecule has 2 bridgehead atoms. The zero-order valence-electron chi connectivity index (χ0n) is 18.6. The van der Waals surface area contributed by atoms with E-state index in [4.69, 9.17) is 10.00 Å². The minimum absolute atomic E-state index is 0.113. The maximum Gasteiger partial charge on any atom is 0.273 e. The Kier molecular flexibility index (Phi) is 4.64. The molecular weight excluding hydrogens is 439 g/mol. The monoisotopic (exact) mass is 460 g/mol. The molecule has 2 heterocycles. The topological polar surface area (TPSA) is 144 Å². The van der Waals surface area contributed by atoms with Gasteiger partial charge in [0.05, 0.1) is 17.6 Å². The average molecular weight is 460 g/mol. The fraction of sp³-hybridized carbons (Fsp3) is 0.375. The van der Waals surface area contributed by atoms with Crippen molar-refractivity contribution in [3.63, 3.8) is 0 Å². The second kappa shape index (κ2) is 7.24. The van der Waals surface area contributed by atoms with E-state index in [0.29, 0.717) is 25.0 Å². The first-order valence-corrected chi connectivity index (χ1v) is 10.7. The third-order valence-electron chi connectivity index (χ3n) is 6.69. The summed E-state index contributed by atoms with van der Waals surface area (Å²) in [6, 6.07) is 7.89. The number of nitrogens with one attached hydrogen (secondary N) is 2. The molecule has 4 aliphatic rings. The molecule has 3 fully saturated rings. The number of carbonyl (C=O) groups is 1. The summed E-state index contributed by atoms with van der Waals surface area (Å²) < 4.78 is 19.9. The Morgan fingerprint density at radius 2 is 1.94 bits per heavy atom. The number of amides is 1. The highest BCUT2D eigenvalue weighted by Crippen LogP contribution is 2.67. The van der Waals surface area contributed by atoms with E-state index in [9.17, 15) is 19.6 Å². The van der Waals surface area contributed by atoms with Crippen LogP contribution in [0.15, 0.2) is 18.2 Å². The molecule has 1 unspecified atom stereocenters. The Labute approximate surface area is 194 Å². The number of benzene rings is 1. The lowest BCUT2D eigenvalue weighted by Crippen LogP contribution is -2.70. The molecule has 3 saturated carbocycles. The fourth-order valence-corrected chi connectivity index (χ4v) is 5.26. The molecule has 1 amide bonds. The lowest BCUT2D eigenvalue weighted by atomic mass is 9.40. The predicted molar refractivity (Wildman–Crippen MR) is 118 cm³/mol. The maximum atomic E-state index is 13.9. The van der Waals surface area contributed by atoms with Crippen molar-refractivity contribution in [2.75, 3.05) is 12.0 Å². The average Bonchev–Trinajstić information content (AvgIpc) is 3.01. The number of halogens is 1. The van der Waals surface area contributed by atoms with Crippen LogP contribution in [0.25, 0.3) is 6.08 Å². The number of aromatic nitrogens is 2. The van der Waals surface area contributed by atoms with Crippen LogP contribution in [0.4, 0.5) is 10.3 Å². The Morgan fingerprint density at radius 1 is 1.26 bits per heavy atom. The lowest BCUT2D eigenvalue weighted by Gasteiger charge is -2.66. The van der Waals surface area contributed by atoms with Gasteiger partial charge in [-0.15, -0.1) is 0 Å². The summed E-state index contributed by atoms with van der Waals surface area (Å²) in [6.45, 7) is 2.32. The van der Waals surface area contributed by atoms with Crippen LogP contribution < -0.4 is 15.4 Å². The van der Waals surface area contributed by atoms with Crippen molar-refractivity contribution in [3.8, 4) is 23.8 Å². The highest BCUT2D eigenvalue weighted by atomic mass is 19.1. The van der Waals surface area contributed by atoms with Crippen molar-refractivity contribution >= 4 is 17.9 Å². The molecule has 1 aliphatic heterocycles. The van der Waals surface area contributed by atoms with Gasteiger partial charge in [0.15, 0.2) is 0 Å². The quantitative estimate of drug-likeness (QED) is 0.558. The molecule has 10 heteroatoms. The molecule has 34 heavy (non-hydrogen) atoms. The van der Waals surface area contributed by atoms with E-state index in [1.54, 1.807) is 19.9 Å². The summed E-state index contributed by atoms with van der Waals surface area (Å²) >= 11 is 0. The van der Waals surface area contributed by atoms with E-state index >= 15 is 0 Å². The van der Waals surface area contributed by atoms with E-state index in [1.807, 2.05) is 18.2 Å². The van der Waals surface area contributed by atoms with Gasteiger partial charge in [-0.2, -0.15) is 15.5 Å². The number of hydrogen-bond acceptors (Lipinski definition) is 8. The molecule has 1 aromatic heterocycles. The number of carbonyl (C=O) groups excluding carboxylic acids is 1. The molecular formula is C24H21FN6O3. The predicted octanol–water partition coefficient (Wildman–Crippen LogP) is 3.14. The van der Waals surface area contributed by atoms with Gasteiger partial charge in [0.2, 0.25) is 17.6 Å². The minimum atomic E-state index is -2.31. The number of fused-ring (bicyclic) bond motifs is 1. The first kappa shape index (κ1) is 21.8. The van der Waals surface area contributed by atoms with Gasteiger partial charge in [-0.1, -0.05) is 0 Å². The molecule has 2 aromatic rings. The summed E-state index contributed by atoms with van der Waals surface area (Å²) in [5.74, 6) is -0.335. The maximum absolute atomic E-state index is 13.9. The van der Waals surface area contributed by atoms with Crippen molar-refractivity contribution in [1.82, 2.24) is 15.3 Å². The zero-order valence-corrected chi connectivity index (χ0v) is 18.6. The third kappa shape index (κ3) is 3.18. The zero-order chi connectivity index (χ0) is 24.3. The number of nitriles is 2. The number of alkyl halides is 1. The molecule has 3 aliphatic carbocycles. The second-order valence-corrected chi connectivity index (χ2v) is 9.40. The van der Waals surface area contributed by atoms with Crippen molar-refractivity contribution in [1.29, 1.82) is 10.5 Å². The standard InChI is InChI=1S/C24H21FN6O3/c1-13-6-15(4-3-5-26)7-14(2)18(13)34-20-16-17(19(32)30-24(16,33)11-25)28-21(29-20)31-23-8-22(9-23,10-23)12-27/h3-4,6-7,33H,8-11H2,1-2H3,(H,30,32)(H,28,29,31)/b4-3+. The summed E-state index contributed by atoms with van der Waals surface area (Å²) in [5.41, 5.74) is -1.02. The summed E-state index contributed by atoms with van der Waals surface area (Å²) in [7, 11) is 0. The van der Waals surface area contributed by atoms with Gasteiger partial charge in [-0.05, 0) is 68.0 Å². The van der Waals surface area contributed by atoms with Gasteiger partial charge in [0.25, 0.3) is 5.91 Å². The minimum Gasteiger partial charge on any atom is -0.438 e. The van der Waals surface area contributed by atoms with Gasteiger partial charge in [-0.25, -0.2) is 9.37 Å². The molecule has 172 valence electrons. The number of hydrogen-bond donors (Lipinski definition) is 3. The summed E-state index contributed by atoms with van der Waals surface area (Å²) in [4.78, 5) is 21.2. The van der Waals surface area contributed by atoms with Crippen molar-refractivity contribution in [2.45, 2.75) is 44.4 Å². The lowest BCUT2D eigenvalue weighted by molar-refractivity contribution is -0.0665. The number of aryl methyl sites for hydroxylation is 2. The second-order valence-electron chi connectivity index (χ2n) is 9.40. The fourth-order valence-electron chi connectivity index (χ4n) is 5.26. The molecule has 0 radical (unpaired) electrons. The van der Waals surface area contributed by atoms with Crippen LogP contribution in [0, 0.1) is 41.9 Å². The van der Waals surface area contributed by atoms with Gasteiger partial charge in [-0.3, -0.25) is 4.79 Å². The van der Waals surface area contributed by atoms with Crippen molar-refractivity contribution in [2.24, 2.45) is 5.41 Å². The molecule has 0 spiro atoms. The Hall–Kier alpha value is -4.02. The molecule has 9 nitrogen and oxygen atoms in total. The van der Waals surface area contributed by atoms with Gasteiger partial charge < -0.3 is 20.5 Å². The first-order valence-electron chi connectivity index (χ1n) is 10.7. The van der Waals surface area contributed by atoms with Crippen LogP contribution >= 0.6 is 0 Å². The highest BCUT2D eigenvalue weighted by molar-refractivity contribution is 5.98. The van der Waals surface area contributed by atoms with E-state index in [0.717, 1.165) is 16.7 Å². The van der Waals surface area contributed by atoms with E-state index in [2.05, 4.69) is 26.7 Å². The van der Waals surface area contributed by atoms with Crippen molar-refractivity contribution in [3.05, 3.63) is 46.2 Å². The highest BCUT2D eigenvalue weighted by Gasteiger charge is 2.69. The van der Waals surface area contributed by atoms with Gasteiger partial charge in [0.1, 0.15) is 23.7 Å². The number of rotatable bonds is 6. The molecule has 1 aromatic carbocycles. The number of anilines is 1. The van der Waals surface area contributed by atoms with Gasteiger partial charge >= 0.3 is 0 Å². The van der Waals surface area contributed by atoms with Gasteiger partial charge in [0, 0.05) is 11.6 Å². The summed E-state index contributed by atoms with van der Waals surface area (Å²) in [5, 5.41) is 34.2. The van der Waals surface area contributed by atoms with Crippen LogP contribution in [0.5, 0.6) is 11.6 Å². The number of aliphatic hydroxyl groups is 1. The molecule has 1 atom stereocenters. The van der Waals surface area contributed by atoms with Crippen LogP contribution in [0.1, 0.15) is 52.0 Å².